The Kier molecular flexibility index (Phi) is 14.5. The second-order valence-electron chi connectivity index (χ2n) is 19.0. The van der Waals surface area contributed by atoms with E-state index in [-0.39, 0.29) is 23.7 Å². The Bertz CT molecular complexity index is 2810. The molecular formula is C70H60N2. The molecule has 10 aromatic carbocycles. The fourth-order valence-electron chi connectivity index (χ4n) is 10.7. The molecule has 2 heteroatoms. The molecule has 0 heterocycles. The van der Waals surface area contributed by atoms with E-state index in [2.05, 4.69) is 295 Å². The van der Waals surface area contributed by atoms with E-state index in [9.17, 15) is 0 Å². The number of rotatable bonds is 15. The van der Waals surface area contributed by atoms with Crippen LogP contribution in [-0.2, 0) is 0 Å². The van der Waals surface area contributed by atoms with Crippen LogP contribution in [0.1, 0.15) is 115 Å². The van der Waals surface area contributed by atoms with Crippen molar-refractivity contribution in [2.24, 2.45) is 9.98 Å². The summed E-state index contributed by atoms with van der Waals surface area (Å²) in [6.45, 7) is 8.76. The molecular weight excluding hydrogens is 869 g/mol. The number of aryl methyl sites for hydroxylation is 2. The summed E-state index contributed by atoms with van der Waals surface area (Å²) < 4.78 is 0. The lowest BCUT2D eigenvalue weighted by atomic mass is 9.78. The van der Waals surface area contributed by atoms with Gasteiger partial charge in [-0.3, -0.25) is 9.98 Å². The molecule has 72 heavy (non-hydrogen) atoms. The van der Waals surface area contributed by atoms with E-state index in [1.165, 1.54) is 55.6 Å². The minimum absolute atomic E-state index is 0.0904. The monoisotopic (exact) mass is 928 g/mol. The normalized spacial score (nSPS) is 12.0. The highest BCUT2D eigenvalue weighted by atomic mass is 14.8. The molecule has 0 aliphatic carbocycles. The highest BCUT2D eigenvalue weighted by molar-refractivity contribution is 6.41. The lowest BCUT2D eigenvalue weighted by Gasteiger charge is -2.28. The third-order valence-corrected chi connectivity index (χ3v) is 14.0. The Labute approximate surface area is 426 Å². The first kappa shape index (κ1) is 47.2. The van der Waals surface area contributed by atoms with Crippen molar-refractivity contribution in [2.75, 3.05) is 0 Å². The minimum Gasteiger partial charge on any atom is -0.251 e. The van der Waals surface area contributed by atoms with Crippen LogP contribution in [0.5, 0.6) is 0 Å². The van der Waals surface area contributed by atoms with Crippen LogP contribution < -0.4 is 0 Å². The molecule has 0 saturated heterocycles. The summed E-state index contributed by atoms with van der Waals surface area (Å²) in [5, 5.41) is 0. The standard InChI is InChI=1S/C70H60N2/c1-49-45-61(65(53-29-13-5-14-30-53)54-31-15-6-16-32-54)69(62(46-49)66(55-33-17-7-18-34-55)56-35-19-8-20-36-56)71-51(3)52(4)72-70-63(67(57-37-21-9-22-38-57)58-39-23-10-24-40-58)47-50(2)48-64(70)68(59-41-25-11-26-42-59)60-43-27-12-28-44-60/h5-48,65-68H,1-4H3. The van der Waals surface area contributed by atoms with E-state index in [1.54, 1.807) is 0 Å². The SMILES string of the molecule is CC(=Nc1c(C(c2ccccc2)c2ccccc2)cc(C)cc1C(c1ccccc1)c1ccccc1)C(C)=Nc1c(C(c2ccccc2)c2ccccc2)cc(C)cc1C(c1ccccc1)c1ccccc1. The van der Waals surface area contributed by atoms with Crippen molar-refractivity contribution in [3.63, 3.8) is 0 Å². The second kappa shape index (κ2) is 22.1. The van der Waals surface area contributed by atoms with Crippen molar-refractivity contribution in [2.45, 2.75) is 51.4 Å². The molecule has 0 N–H and O–H groups in total. The van der Waals surface area contributed by atoms with Gasteiger partial charge in [0, 0.05) is 23.7 Å². The first-order chi connectivity index (χ1) is 35.4. The van der Waals surface area contributed by atoms with Crippen molar-refractivity contribution < 1.29 is 0 Å². The second-order valence-corrected chi connectivity index (χ2v) is 19.0. The molecule has 10 aromatic rings. The quantitative estimate of drug-likeness (QED) is 0.0723. The maximum absolute atomic E-state index is 5.93. The predicted molar refractivity (Wildman–Crippen MR) is 303 cm³/mol. The molecule has 10 rings (SSSR count). The van der Waals surface area contributed by atoms with Gasteiger partial charge in [0.15, 0.2) is 0 Å². The molecule has 0 amide bonds. The lowest BCUT2D eigenvalue weighted by Crippen LogP contribution is -2.13. The van der Waals surface area contributed by atoms with Crippen molar-refractivity contribution in [1.82, 2.24) is 0 Å². The molecule has 0 atom stereocenters. The average molecular weight is 929 g/mol. The van der Waals surface area contributed by atoms with Crippen LogP contribution in [0.4, 0.5) is 11.4 Å². The number of hydrogen-bond acceptors (Lipinski definition) is 2. The minimum atomic E-state index is -0.0904. The van der Waals surface area contributed by atoms with E-state index in [0.29, 0.717) is 0 Å². The zero-order valence-corrected chi connectivity index (χ0v) is 41.6. The molecule has 0 bridgehead atoms. The Morgan fingerprint density at radius 2 is 0.403 bits per heavy atom. The van der Waals surface area contributed by atoms with Gasteiger partial charge < -0.3 is 0 Å². The van der Waals surface area contributed by atoms with Crippen LogP contribution in [0.3, 0.4) is 0 Å². The highest BCUT2D eigenvalue weighted by Gasteiger charge is 2.30. The van der Waals surface area contributed by atoms with E-state index < -0.39 is 0 Å². The summed E-state index contributed by atoms with van der Waals surface area (Å²) in [6, 6.07) is 96.8. The Hall–Kier alpha value is -8.46. The Balaban J connectivity index is 1.26. The fourth-order valence-corrected chi connectivity index (χ4v) is 10.7. The van der Waals surface area contributed by atoms with Gasteiger partial charge in [-0.25, -0.2) is 0 Å². The van der Waals surface area contributed by atoms with Crippen LogP contribution in [0, 0.1) is 13.8 Å². The predicted octanol–water partition coefficient (Wildman–Crippen LogP) is 17.9. The third kappa shape index (κ3) is 10.4. The molecule has 0 aliphatic heterocycles. The van der Waals surface area contributed by atoms with Gasteiger partial charge in [0.05, 0.1) is 22.8 Å². The van der Waals surface area contributed by atoms with Gasteiger partial charge in [0.25, 0.3) is 0 Å². The third-order valence-electron chi connectivity index (χ3n) is 14.0. The van der Waals surface area contributed by atoms with Gasteiger partial charge in [0.1, 0.15) is 0 Å². The fraction of sp³-hybridized carbons (Fsp3) is 0.114. The lowest BCUT2D eigenvalue weighted by molar-refractivity contribution is 0.933. The van der Waals surface area contributed by atoms with Crippen LogP contribution in [0.15, 0.2) is 277 Å². The highest BCUT2D eigenvalue weighted by Crippen LogP contribution is 2.48. The van der Waals surface area contributed by atoms with Gasteiger partial charge in [-0.15, -0.1) is 0 Å². The molecule has 350 valence electrons. The van der Waals surface area contributed by atoms with Gasteiger partial charge >= 0.3 is 0 Å². The molecule has 0 aromatic heterocycles. The number of aliphatic imine (C=N–C) groups is 2. The molecule has 0 spiro atoms. The van der Waals surface area contributed by atoms with Crippen LogP contribution in [0.2, 0.25) is 0 Å². The van der Waals surface area contributed by atoms with Gasteiger partial charge in [-0.05, 0) is 94.5 Å². The first-order valence-electron chi connectivity index (χ1n) is 25.2. The first-order valence-corrected chi connectivity index (χ1v) is 25.2. The van der Waals surface area contributed by atoms with Crippen LogP contribution in [-0.4, -0.2) is 11.4 Å². The summed E-state index contributed by atoms with van der Waals surface area (Å²) in [7, 11) is 0. The zero-order chi connectivity index (χ0) is 49.2. The molecule has 2 nitrogen and oxygen atoms in total. The van der Waals surface area contributed by atoms with E-state index >= 15 is 0 Å². The molecule has 0 unspecified atom stereocenters. The summed E-state index contributed by atoms with van der Waals surface area (Å²) in [5.41, 5.74) is 20.3. The number of hydrogen-bond donors (Lipinski definition) is 0. The largest absolute Gasteiger partial charge is 0.251 e. The molecule has 0 radical (unpaired) electrons. The van der Waals surface area contributed by atoms with Crippen molar-refractivity contribution in [1.29, 1.82) is 0 Å². The van der Waals surface area contributed by atoms with Crippen molar-refractivity contribution >= 4 is 22.8 Å². The van der Waals surface area contributed by atoms with Crippen LogP contribution >= 0.6 is 0 Å². The van der Waals surface area contributed by atoms with Crippen LogP contribution in [0.25, 0.3) is 0 Å². The molecule has 0 saturated carbocycles. The maximum Gasteiger partial charge on any atom is 0.0717 e. The summed E-state index contributed by atoms with van der Waals surface area (Å²) >= 11 is 0. The Morgan fingerprint density at radius 3 is 0.556 bits per heavy atom. The molecule has 0 fully saturated rings. The number of benzene rings is 10. The van der Waals surface area contributed by atoms with Gasteiger partial charge in [-0.1, -0.05) is 278 Å². The van der Waals surface area contributed by atoms with Crippen molar-refractivity contribution in [3.8, 4) is 0 Å². The zero-order valence-electron chi connectivity index (χ0n) is 41.6. The van der Waals surface area contributed by atoms with E-state index in [4.69, 9.17) is 9.98 Å². The molecule has 0 aliphatic rings. The topological polar surface area (TPSA) is 24.7 Å². The maximum atomic E-state index is 5.93. The summed E-state index contributed by atoms with van der Waals surface area (Å²) in [5.74, 6) is -0.362. The van der Waals surface area contributed by atoms with Gasteiger partial charge in [0.2, 0.25) is 0 Å². The number of nitrogens with zero attached hydrogens (tertiary/aromatic N) is 2. The van der Waals surface area contributed by atoms with E-state index in [0.717, 1.165) is 45.1 Å². The summed E-state index contributed by atoms with van der Waals surface area (Å²) in [6.07, 6.45) is 0. The van der Waals surface area contributed by atoms with Gasteiger partial charge in [-0.2, -0.15) is 0 Å². The Morgan fingerprint density at radius 1 is 0.250 bits per heavy atom. The summed E-state index contributed by atoms with van der Waals surface area (Å²) in [4.78, 5) is 11.9. The average Bonchev–Trinajstić information content (AvgIpc) is 3.43. The van der Waals surface area contributed by atoms with E-state index in [1.807, 2.05) is 0 Å². The smallest absolute Gasteiger partial charge is 0.0717 e. The van der Waals surface area contributed by atoms with Crippen molar-refractivity contribution in [3.05, 3.63) is 345 Å².